The molecule has 8 heteroatoms. The van der Waals surface area contributed by atoms with Crippen LogP contribution in [-0.4, -0.2) is 42.6 Å². The number of pyridine rings is 1. The van der Waals surface area contributed by atoms with Crippen molar-refractivity contribution in [3.63, 3.8) is 0 Å². The molecule has 0 saturated carbocycles. The van der Waals surface area contributed by atoms with Crippen LogP contribution in [0.5, 0.6) is 11.5 Å². The predicted molar refractivity (Wildman–Crippen MR) is 115 cm³/mol. The van der Waals surface area contributed by atoms with Gasteiger partial charge in [0.2, 0.25) is 5.91 Å². The fraction of sp³-hybridized carbons (Fsp3) is 0.125. The molecule has 3 aromatic rings. The maximum absolute atomic E-state index is 13.2. The average molecular weight is 432 g/mol. The van der Waals surface area contributed by atoms with Crippen LogP contribution >= 0.6 is 0 Å². The van der Waals surface area contributed by atoms with Crippen molar-refractivity contribution >= 4 is 23.4 Å². The van der Waals surface area contributed by atoms with Crippen LogP contribution in [0, 0.1) is 5.92 Å². The first-order valence-corrected chi connectivity index (χ1v) is 9.56. The maximum atomic E-state index is 13.2. The molecule has 2 amide bonds. The number of amides is 2. The molecule has 0 radical (unpaired) electrons. The first-order valence-electron chi connectivity index (χ1n) is 9.56. The normalized spacial score (nSPS) is 10.3. The monoisotopic (exact) mass is 432 g/mol. The van der Waals surface area contributed by atoms with E-state index in [4.69, 9.17) is 9.47 Å². The summed E-state index contributed by atoms with van der Waals surface area (Å²) in [5.41, 5.74) is 0.372. The van der Waals surface area contributed by atoms with E-state index >= 15 is 0 Å². The summed E-state index contributed by atoms with van der Waals surface area (Å²) in [7, 11) is 2.95. The average Bonchev–Trinajstić information content (AvgIpc) is 2.84. The summed E-state index contributed by atoms with van der Waals surface area (Å²) in [5, 5.41) is 2.13. The van der Waals surface area contributed by atoms with E-state index in [2.05, 4.69) is 10.3 Å². The third kappa shape index (κ3) is 5.04. The van der Waals surface area contributed by atoms with Crippen molar-refractivity contribution in [1.29, 1.82) is 0 Å². The quantitative estimate of drug-likeness (QED) is 0.430. The van der Waals surface area contributed by atoms with Crippen molar-refractivity contribution in [2.75, 3.05) is 14.2 Å². The molecule has 0 aliphatic carbocycles. The molecule has 0 atom stereocenters. The van der Waals surface area contributed by atoms with Crippen LogP contribution in [0.25, 0.3) is 0 Å². The van der Waals surface area contributed by atoms with Gasteiger partial charge in [-0.3, -0.25) is 29.5 Å². The van der Waals surface area contributed by atoms with Crippen molar-refractivity contribution < 1.29 is 28.7 Å². The minimum atomic E-state index is -1.77. The van der Waals surface area contributed by atoms with Gasteiger partial charge in [-0.05, 0) is 60.7 Å². The first kappa shape index (κ1) is 22.4. The highest BCUT2D eigenvalue weighted by Crippen LogP contribution is 2.20. The van der Waals surface area contributed by atoms with Crippen LogP contribution < -0.4 is 14.8 Å². The van der Waals surface area contributed by atoms with E-state index < -0.39 is 29.3 Å². The Morgan fingerprint density at radius 2 is 1.25 bits per heavy atom. The van der Waals surface area contributed by atoms with Crippen LogP contribution in [0.15, 0.2) is 73.1 Å². The minimum Gasteiger partial charge on any atom is -0.497 e. The number of carbonyl (C=O) groups excluding carboxylic acids is 4. The number of nitrogens with zero attached hydrogens (tertiary/aromatic N) is 1. The van der Waals surface area contributed by atoms with Gasteiger partial charge in [-0.15, -0.1) is 0 Å². The molecule has 0 saturated heterocycles. The van der Waals surface area contributed by atoms with E-state index in [1.807, 2.05) is 0 Å². The topological polar surface area (TPSA) is 112 Å². The molecule has 162 valence electrons. The summed E-state index contributed by atoms with van der Waals surface area (Å²) >= 11 is 0. The summed E-state index contributed by atoms with van der Waals surface area (Å²) in [4.78, 5) is 55.5. The van der Waals surface area contributed by atoms with E-state index in [1.165, 1.54) is 63.0 Å². The van der Waals surface area contributed by atoms with Gasteiger partial charge in [0.05, 0.1) is 19.8 Å². The van der Waals surface area contributed by atoms with Crippen molar-refractivity contribution in [2.24, 2.45) is 5.92 Å². The smallest absolute Gasteiger partial charge is 0.259 e. The number of ether oxygens (including phenoxy) is 2. The van der Waals surface area contributed by atoms with Gasteiger partial charge in [-0.2, -0.15) is 0 Å². The summed E-state index contributed by atoms with van der Waals surface area (Å²) in [5.74, 6) is -4.03. The number of Topliss-reactive ketones (excluding diaryl/α,β-unsaturated/α-hetero) is 2. The Morgan fingerprint density at radius 3 is 1.66 bits per heavy atom. The zero-order chi connectivity index (χ0) is 23.1. The SMILES string of the molecule is COc1ccc(C(=O)C(C(=O)NC(=O)c2cccnc2)C(=O)c2ccc(OC)cc2)cc1. The van der Waals surface area contributed by atoms with Crippen molar-refractivity contribution in [3.05, 3.63) is 89.7 Å². The molecule has 1 heterocycles. The molecule has 8 nitrogen and oxygen atoms in total. The van der Waals surface area contributed by atoms with Gasteiger partial charge in [0.15, 0.2) is 17.5 Å². The highest BCUT2D eigenvalue weighted by atomic mass is 16.5. The molecule has 2 aromatic carbocycles. The number of aromatic nitrogens is 1. The van der Waals surface area contributed by atoms with Gasteiger partial charge in [-0.25, -0.2) is 0 Å². The predicted octanol–water partition coefficient (Wildman–Crippen LogP) is 2.74. The van der Waals surface area contributed by atoms with E-state index in [9.17, 15) is 19.2 Å². The molecule has 3 rings (SSSR count). The second-order valence-electron chi connectivity index (χ2n) is 6.68. The molecule has 0 aliphatic heterocycles. The Morgan fingerprint density at radius 1 is 0.750 bits per heavy atom. The van der Waals surface area contributed by atoms with Crippen LogP contribution in [0.2, 0.25) is 0 Å². The zero-order valence-corrected chi connectivity index (χ0v) is 17.4. The molecule has 0 aliphatic rings. The number of benzene rings is 2. The lowest BCUT2D eigenvalue weighted by Crippen LogP contribution is -2.43. The van der Waals surface area contributed by atoms with Crippen LogP contribution in [-0.2, 0) is 4.79 Å². The number of methoxy groups -OCH3 is 2. The van der Waals surface area contributed by atoms with E-state index in [0.29, 0.717) is 11.5 Å². The van der Waals surface area contributed by atoms with Gasteiger partial charge in [0.1, 0.15) is 11.5 Å². The maximum Gasteiger partial charge on any atom is 0.259 e. The molecule has 0 spiro atoms. The molecule has 0 bridgehead atoms. The molecular formula is C24H20N2O6. The highest BCUT2D eigenvalue weighted by molar-refractivity contribution is 6.29. The van der Waals surface area contributed by atoms with Crippen molar-refractivity contribution in [3.8, 4) is 11.5 Å². The Bertz CT molecular complexity index is 1070. The van der Waals surface area contributed by atoms with Gasteiger partial charge < -0.3 is 9.47 Å². The van der Waals surface area contributed by atoms with Crippen molar-refractivity contribution in [2.45, 2.75) is 0 Å². The standard InChI is InChI=1S/C24H20N2O6/c1-31-18-9-5-15(6-10-18)21(27)20(22(28)16-7-11-19(32-2)12-8-16)24(30)26-23(29)17-4-3-13-25-14-17/h3-14,20H,1-2H3,(H,26,29,30). The Hall–Kier alpha value is -4.33. The van der Waals surface area contributed by atoms with E-state index in [-0.39, 0.29) is 16.7 Å². The number of hydrogen-bond donors (Lipinski definition) is 1. The summed E-state index contributed by atoms with van der Waals surface area (Å²) in [6.07, 6.45) is 2.75. The largest absolute Gasteiger partial charge is 0.497 e. The molecule has 32 heavy (non-hydrogen) atoms. The third-order valence-corrected chi connectivity index (χ3v) is 4.70. The Kier molecular flexibility index (Phi) is 7.07. The molecule has 0 fully saturated rings. The lowest BCUT2D eigenvalue weighted by Gasteiger charge is -2.15. The first-order chi connectivity index (χ1) is 15.4. The summed E-state index contributed by atoms with van der Waals surface area (Å²) < 4.78 is 10.2. The van der Waals surface area contributed by atoms with Crippen LogP contribution in [0.4, 0.5) is 0 Å². The second kappa shape index (κ2) is 10.1. The number of ketones is 2. The Balaban J connectivity index is 1.93. The molecule has 0 unspecified atom stereocenters. The van der Waals surface area contributed by atoms with Gasteiger partial charge >= 0.3 is 0 Å². The van der Waals surface area contributed by atoms with Crippen molar-refractivity contribution in [1.82, 2.24) is 10.3 Å². The number of hydrogen-bond acceptors (Lipinski definition) is 7. The number of imide groups is 1. The number of rotatable bonds is 8. The number of nitrogens with one attached hydrogen (secondary N) is 1. The Labute approximate surface area is 184 Å². The second-order valence-corrected chi connectivity index (χ2v) is 6.68. The third-order valence-electron chi connectivity index (χ3n) is 4.70. The summed E-state index contributed by atoms with van der Waals surface area (Å²) in [6.45, 7) is 0. The fourth-order valence-electron chi connectivity index (χ4n) is 2.95. The minimum absolute atomic E-state index is 0.119. The lowest BCUT2D eigenvalue weighted by atomic mass is 9.89. The van der Waals surface area contributed by atoms with Crippen LogP contribution in [0.1, 0.15) is 31.1 Å². The molecular weight excluding hydrogens is 412 g/mol. The fourth-order valence-corrected chi connectivity index (χ4v) is 2.95. The van der Waals surface area contributed by atoms with Gasteiger partial charge in [0, 0.05) is 23.5 Å². The van der Waals surface area contributed by atoms with Gasteiger partial charge in [-0.1, -0.05) is 0 Å². The summed E-state index contributed by atoms with van der Waals surface area (Å²) in [6, 6.07) is 15.0. The zero-order valence-electron chi connectivity index (χ0n) is 17.4. The number of carbonyl (C=O) groups is 4. The van der Waals surface area contributed by atoms with Crippen LogP contribution in [0.3, 0.4) is 0 Å². The molecule has 1 N–H and O–H groups in total. The highest BCUT2D eigenvalue weighted by Gasteiger charge is 2.36. The van der Waals surface area contributed by atoms with E-state index in [0.717, 1.165) is 0 Å². The van der Waals surface area contributed by atoms with Gasteiger partial charge in [0.25, 0.3) is 5.91 Å². The lowest BCUT2D eigenvalue weighted by molar-refractivity contribution is -0.121. The molecule has 1 aromatic heterocycles. The van der Waals surface area contributed by atoms with E-state index in [1.54, 1.807) is 24.3 Å².